The summed E-state index contributed by atoms with van der Waals surface area (Å²) in [5.41, 5.74) is 1.75. The van der Waals surface area contributed by atoms with E-state index in [4.69, 9.17) is 9.72 Å². The fraction of sp³-hybridized carbons (Fsp3) is 0.429. The highest BCUT2D eigenvalue weighted by Gasteiger charge is 2.29. The standard InChI is InChI=1S/C21H21F2N7O2/c22-12-1-2-15-16(9-12)29(11-24-15)20-26-18(28-6-3-13(23)10-28)17-19(27-20)30(21(31)25-17)14-4-7-32-8-5-14/h1-2,9,11,13-14H,3-8,10H2,(H,25,31)/t13-/m0/s1. The number of anilines is 1. The summed E-state index contributed by atoms with van der Waals surface area (Å²) in [5, 5.41) is 0. The molecule has 0 spiro atoms. The highest BCUT2D eigenvalue weighted by Crippen LogP contribution is 2.30. The van der Waals surface area contributed by atoms with Crippen molar-refractivity contribution in [2.45, 2.75) is 31.5 Å². The summed E-state index contributed by atoms with van der Waals surface area (Å²) in [7, 11) is 0. The van der Waals surface area contributed by atoms with Crippen LogP contribution in [0.15, 0.2) is 29.3 Å². The average molecular weight is 441 g/mol. The third-order valence-electron chi connectivity index (χ3n) is 6.25. The molecule has 1 aromatic carbocycles. The fourth-order valence-corrected chi connectivity index (χ4v) is 4.64. The van der Waals surface area contributed by atoms with Gasteiger partial charge in [0.25, 0.3) is 0 Å². The zero-order chi connectivity index (χ0) is 21.8. The highest BCUT2D eigenvalue weighted by atomic mass is 19.1. The Morgan fingerprint density at radius 3 is 2.78 bits per heavy atom. The predicted molar refractivity (Wildman–Crippen MR) is 114 cm³/mol. The van der Waals surface area contributed by atoms with E-state index < -0.39 is 12.0 Å². The molecule has 2 aliphatic rings. The smallest absolute Gasteiger partial charge is 0.328 e. The number of imidazole rings is 2. The maximum atomic E-state index is 14.0. The Labute approximate surface area is 180 Å². The number of halogens is 2. The SMILES string of the molecule is O=c1[nH]c2c(N3CC[C@H](F)C3)nc(-n3cnc4ccc(F)cc43)nc2n1C1CCOCC1. The lowest BCUT2D eigenvalue weighted by Crippen LogP contribution is -2.27. The second-order valence-corrected chi connectivity index (χ2v) is 8.27. The van der Waals surface area contributed by atoms with Crippen molar-refractivity contribution in [1.29, 1.82) is 0 Å². The van der Waals surface area contributed by atoms with Crippen LogP contribution in [0.5, 0.6) is 0 Å². The first-order chi connectivity index (χ1) is 15.6. The number of ether oxygens (including phenoxy) is 1. The van der Waals surface area contributed by atoms with Gasteiger partial charge in [-0.2, -0.15) is 9.97 Å². The van der Waals surface area contributed by atoms with E-state index in [2.05, 4.69) is 15.0 Å². The van der Waals surface area contributed by atoms with Crippen molar-refractivity contribution < 1.29 is 13.5 Å². The number of hydrogen-bond donors (Lipinski definition) is 1. The largest absolute Gasteiger partial charge is 0.381 e. The maximum absolute atomic E-state index is 14.0. The van der Waals surface area contributed by atoms with E-state index >= 15 is 0 Å². The average Bonchev–Trinajstić information content (AvgIpc) is 3.49. The summed E-state index contributed by atoms with van der Waals surface area (Å²) in [6.45, 7) is 1.80. The summed E-state index contributed by atoms with van der Waals surface area (Å²) >= 11 is 0. The third-order valence-corrected chi connectivity index (χ3v) is 6.25. The summed E-state index contributed by atoms with van der Waals surface area (Å²) < 4.78 is 36.7. The minimum absolute atomic E-state index is 0.0647. The van der Waals surface area contributed by atoms with Crippen LogP contribution in [-0.4, -0.2) is 61.5 Å². The molecule has 0 amide bonds. The van der Waals surface area contributed by atoms with Gasteiger partial charge in [0.1, 0.15) is 23.8 Å². The van der Waals surface area contributed by atoms with Gasteiger partial charge in [0.15, 0.2) is 11.5 Å². The number of alkyl halides is 1. The van der Waals surface area contributed by atoms with Crippen LogP contribution in [0.1, 0.15) is 25.3 Å². The summed E-state index contributed by atoms with van der Waals surface area (Å²) in [4.78, 5) is 31.4. The number of aromatic amines is 1. The van der Waals surface area contributed by atoms with Gasteiger partial charge in [0, 0.05) is 31.9 Å². The minimum Gasteiger partial charge on any atom is -0.381 e. The van der Waals surface area contributed by atoms with E-state index in [0.717, 1.165) is 0 Å². The normalized spacial score (nSPS) is 20.1. The minimum atomic E-state index is -0.962. The van der Waals surface area contributed by atoms with Crippen LogP contribution in [0, 0.1) is 5.82 Å². The number of rotatable bonds is 3. The van der Waals surface area contributed by atoms with Gasteiger partial charge < -0.3 is 14.6 Å². The van der Waals surface area contributed by atoms with Gasteiger partial charge in [0.05, 0.1) is 17.6 Å². The van der Waals surface area contributed by atoms with Gasteiger partial charge in [-0.3, -0.25) is 9.13 Å². The lowest BCUT2D eigenvalue weighted by atomic mass is 10.1. The number of aromatic nitrogens is 6. The Bertz CT molecular complexity index is 1370. The van der Waals surface area contributed by atoms with Gasteiger partial charge in [-0.05, 0) is 31.4 Å². The quantitative estimate of drug-likeness (QED) is 0.525. The van der Waals surface area contributed by atoms with Crippen molar-refractivity contribution in [2.75, 3.05) is 31.2 Å². The number of H-pyrrole nitrogens is 1. The zero-order valence-electron chi connectivity index (χ0n) is 17.2. The first-order valence-corrected chi connectivity index (χ1v) is 10.7. The lowest BCUT2D eigenvalue weighted by molar-refractivity contribution is 0.0697. The van der Waals surface area contributed by atoms with Crippen LogP contribution in [0.3, 0.4) is 0 Å². The Morgan fingerprint density at radius 1 is 1.16 bits per heavy atom. The molecule has 4 aromatic rings. The first-order valence-electron chi connectivity index (χ1n) is 10.7. The monoisotopic (exact) mass is 441 g/mol. The van der Waals surface area contributed by atoms with Crippen molar-refractivity contribution >= 4 is 28.0 Å². The van der Waals surface area contributed by atoms with Crippen molar-refractivity contribution in [1.82, 2.24) is 29.1 Å². The van der Waals surface area contributed by atoms with Gasteiger partial charge in [-0.15, -0.1) is 0 Å². The van der Waals surface area contributed by atoms with E-state index in [1.165, 1.54) is 18.5 Å². The van der Waals surface area contributed by atoms with Crippen LogP contribution in [-0.2, 0) is 4.74 Å². The number of fused-ring (bicyclic) bond motifs is 2. The molecule has 1 atom stereocenters. The summed E-state index contributed by atoms with van der Waals surface area (Å²) in [5.74, 6) is 0.315. The van der Waals surface area contributed by atoms with E-state index in [1.54, 1.807) is 15.2 Å². The van der Waals surface area contributed by atoms with Crippen molar-refractivity contribution in [3.63, 3.8) is 0 Å². The molecule has 1 N–H and O–H groups in total. The van der Waals surface area contributed by atoms with E-state index in [0.29, 0.717) is 67.0 Å². The molecule has 2 fully saturated rings. The molecule has 2 saturated heterocycles. The molecule has 5 heterocycles. The molecule has 0 saturated carbocycles. The third kappa shape index (κ3) is 3.07. The van der Waals surface area contributed by atoms with E-state index in [-0.39, 0.29) is 24.2 Å². The predicted octanol–water partition coefficient (Wildman–Crippen LogP) is 2.50. The van der Waals surface area contributed by atoms with E-state index in [1.807, 2.05) is 4.90 Å². The molecular weight excluding hydrogens is 420 g/mol. The van der Waals surface area contributed by atoms with Gasteiger partial charge in [-0.25, -0.2) is 18.6 Å². The Balaban J connectivity index is 1.60. The molecule has 32 heavy (non-hydrogen) atoms. The van der Waals surface area contributed by atoms with Gasteiger partial charge in [-0.1, -0.05) is 0 Å². The van der Waals surface area contributed by atoms with Crippen molar-refractivity contribution in [2.24, 2.45) is 0 Å². The second kappa shape index (κ2) is 7.37. The molecule has 6 rings (SSSR count). The molecule has 3 aromatic heterocycles. The lowest BCUT2D eigenvalue weighted by Gasteiger charge is -2.23. The van der Waals surface area contributed by atoms with E-state index in [9.17, 15) is 13.6 Å². The number of benzene rings is 1. The Kier molecular flexibility index (Phi) is 4.46. The van der Waals surface area contributed by atoms with Crippen molar-refractivity contribution in [3.8, 4) is 5.95 Å². The topological polar surface area (TPSA) is 93.9 Å². The summed E-state index contributed by atoms with van der Waals surface area (Å²) in [6, 6.07) is 4.23. The molecular formula is C21H21F2N7O2. The molecule has 11 heteroatoms. The van der Waals surface area contributed by atoms with Crippen LogP contribution in [0.4, 0.5) is 14.6 Å². The van der Waals surface area contributed by atoms with Crippen LogP contribution < -0.4 is 10.6 Å². The summed E-state index contributed by atoms with van der Waals surface area (Å²) in [6.07, 6.45) is 2.34. The van der Waals surface area contributed by atoms with Crippen LogP contribution >= 0.6 is 0 Å². The van der Waals surface area contributed by atoms with Crippen LogP contribution in [0.25, 0.3) is 28.1 Å². The number of nitrogens with one attached hydrogen (secondary N) is 1. The van der Waals surface area contributed by atoms with Crippen LogP contribution in [0.2, 0.25) is 0 Å². The first kappa shape index (κ1) is 19.4. The van der Waals surface area contributed by atoms with Gasteiger partial charge >= 0.3 is 5.69 Å². The molecule has 0 aliphatic carbocycles. The molecule has 166 valence electrons. The fourth-order valence-electron chi connectivity index (χ4n) is 4.64. The maximum Gasteiger partial charge on any atom is 0.328 e. The highest BCUT2D eigenvalue weighted by molar-refractivity contribution is 5.85. The Hall–Kier alpha value is -3.34. The molecule has 0 bridgehead atoms. The molecule has 9 nitrogen and oxygen atoms in total. The second-order valence-electron chi connectivity index (χ2n) is 8.27. The van der Waals surface area contributed by atoms with Gasteiger partial charge in [0.2, 0.25) is 5.95 Å². The number of nitrogens with zero attached hydrogens (tertiary/aromatic N) is 6. The molecule has 2 aliphatic heterocycles. The Morgan fingerprint density at radius 2 is 2.00 bits per heavy atom. The van der Waals surface area contributed by atoms with Crippen molar-refractivity contribution in [3.05, 3.63) is 40.8 Å². The molecule has 0 radical (unpaired) electrons. The number of hydrogen-bond acceptors (Lipinski definition) is 6. The zero-order valence-corrected chi connectivity index (χ0v) is 17.2. The molecule has 0 unspecified atom stereocenters.